The zero-order valence-corrected chi connectivity index (χ0v) is 10.3. The number of aromatic nitrogens is 2. The van der Waals surface area contributed by atoms with Gasteiger partial charge in [0.25, 0.3) is 5.56 Å². The second-order valence-corrected chi connectivity index (χ2v) is 5.46. The van der Waals surface area contributed by atoms with Gasteiger partial charge in [-0.15, -0.1) is 0 Å². The Morgan fingerprint density at radius 3 is 3.00 bits per heavy atom. The molecule has 1 N–H and O–H groups in total. The Balaban J connectivity index is 1.70. The molecule has 2 heterocycles. The third kappa shape index (κ3) is 2.57. The van der Waals surface area contributed by atoms with Crippen molar-refractivity contribution >= 4 is 0 Å². The highest BCUT2D eigenvalue weighted by Crippen LogP contribution is 2.33. The van der Waals surface area contributed by atoms with Crippen molar-refractivity contribution in [3.05, 3.63) is 27.9 Å². The van der Waals surface area contributed by atoms with E-state index in [2.05, 4.69) is 14.9 Å². The van der Waals surface area contributed by atoms with Gasteiger partial charge in [0.1, 0.15) is 5.82 Å². The van der Waals surface area contributed by atoms with Gasteiger partial charge in [-0.2, -0.15) is 0 Å². The number of hydrogen-bond donors (Lipinski definition) is 1. The summed E-state index contributed by atoms with van der Waals surface area (Å²) in [6.07, 6.45) is 3.93. The monoisotopic (exact) mass is 233 g/mol. The molecule has 1 aromatic rings. The lowest BCUT2D eigenvalue weighted by Gasteiger charge is -2.15. The fourth-order valence-electron chi connectivity index (χ4n) is 2.68. The van der Waals surface area contributed by atoms with E-state index in [1.807, 2.05) is 6.92 Å². The number of hydrogen-bond acceptors (Lipinski definition) is 3. The molecule has 1 aliphatic heterocycles. The van der Waals surface area contributed by atoms with E-state index in [1.165, 1.54) is 19.4 Å². The normalized spacial score (nSPS) is 25.4. The van der Waals surface area contributed by atoms with E-state index >= 15 is 0 Å². The molecule has 1 atom stereocenters. The van der Waals surface area contributed by atoms with E-state index < -0.39 is 0 Å². The summed E-state index contributed by atoms with van der Waals surface area (Å²) < 4.78 is 0. The summed E-state index contributed by atoms with van der Waals surface area (Å²) in [5, 5.41) is 0. The maximum atomic E-state index is 11.4. The summed E-state index contributed by atoms with van der Waals surface area (Å²) in [4.78, 5) is 21.3. The standard InChI is InChI=1S/C13H19N3O/c1-9-6-12(17)15-13(14-9)11-4-5-16(8-11)7-10-2-3-10/h6,10-11H,2-5,7-8H2,1H3,(H,14,15,17)/t11-/m1/s1. The van der Waals surface area contributed by atoms with Crippen LogP contribution < -0.4 is 5.56 Å². The predicted molar refractivity (Wildman–Crippen MR) is 66.1 cm³/mol. The molecule has 3 rings (SSSR count). The second kappa shape index (κ2) is 4.26. The highest BCUT2D eigenvalue weighted by atomic mass is 16.1. The first-order chi connectivity index (χ1) is 8.20. The maximum Gasteiger partial charge on any atom is 0.251 e. The molecule has 2 aliphatic rings. The van der Waals surface area contributed by atoms with Gasteiger partial charge in [-0.1, -0.05) is 0 Å². The van der Waals surface area contributed by atoms with Crippen molar-refractivity contribution in [1.29, 1.82) is 0 Å². The molecule has 1 aromatic heterocycles. The van der Waals surface area contributed by atoms with Crippen LogP contribution in [0, 0.1) is 12.8 Å². The molecule has 0 aromatic carbocycles. The lowest BCUT2D eigenvalue weighted by Crippen LogP contribution is -2.23. The minimum Gasteiger partial charge on any atom is -0.310 e. The SMILES string of the molecule is Cc1cc(=O)[nH]c([C@@H]2CCN(CC3CC3)C2)n1. The molecule has 0 spiro atoms. The van der Waals surface area contributed by atoms with Gasteiger partial charge in [0.15, 0.2) is 0 Å². The van der Waals surface area contributed by atoms with Crippen molar-refractivity contribution in [1.82, 2.24) is 14.9 Å². The lowest BCUT2D eigenvalue weighted by molar-refractivity contribution is 0.319. The van der Waals surface area contributed by atoms with Crippen LogP contribution in [0.4, 0.5) is 0 Å². The number of H-pyrrole nitrogens is 1. The Kier molecular flexibility index (Phi) is 2.74. The number of aromatic amines is 1. The number of likely N-dealkylation sites (tertiary alicyclic amines) is 1. The molecule has 0 radical (unpaired) electrons. The maximum absolute atomic E-state index is 11.4. The molecule has 4 nitrogen and oxygen atoms in total. The quantitative estimate of drug-likeness (QED) is 0.855. The van der Waals surface area contributed by atoms with E-state index in [1.54, 1.807) is 6.07 Å². The summed E-state index contributed by atoms with van der Waals surface area (Å²) in [7, 11) is 0. The molecule has 2 fully saturated rings. The highest BCUT2D eigenvalue weighted by molar-refractivity contribution is 5.07. The van der Waals surface area contributed by atoms with E-state index in [-0.39, 0.29) is 5.56 Å². The first-order valence-electron chi connectivity index (χ1n) is 6.51. The molecule has 0 unspecified atom stereocenters. The van der Waals surface area contributed by atoms with E-state index in [9.17, 15) is 4.79 Å². The van der Waals surface area contributed by atoms with Gasteiger partial charge in [-0.05, 0) is 38.6 Å². The fraction of sp³-hybridized carbons (Fsp3) is 0.692. The average Bonchev–Trinajstić information content (AvgIpc) is 2.93. The second-order valence-electron chi connectivity index (χ2n) is 5.46. The molecule has 17 heavy (non-hydrogen) atoms. The third-order valence-electron chi connectivity index (χ3n) is 3.76. The fourth-order valence-corrected chi connectivity index (χ4v) is 2.68. The number of nitrogens with one attached hydrogen (secondary N) is 1. The molecule has 1 saturated carbocycles. The van der Waals surface area contributed by atoms with Gasteiger partial charge >= 0.3 is 0 Å². The van der Waals surface area contributed by atoms with Crippen LogP contribution in [0.1, 0.15) is 36.7 Å². The van der Waals surface area contributed by atoms with Gasteiger partial charge in [-0.3, -0.25) is 4.79 Å². The third-order valence-corrected chi connectivity index (χ3v) is 3.76. The first-order valence-corrected chi connectivity index (χ1v) is 6.51. The summed E-state index contributed by atoms with van der Waals surface area (Å²) in [6.45, 7) is 5.34. The minimum atomic E-state index is -0.0202. The van der Waals surface area contributed by atoms with Crippen molar-refractivity contribution in [2.24, 2.45) is 5.92 Å². The van der Waals surface area contributed by atoms with Crippen molar-refractivity contribution in [2.45, 2.75) is 32.1 Å². The van der Waals surface area contributed by atoms with Crippen LogP contribution in [0.3, 0.4) is 0 Å². The first kappa shape index (κ1) is 11.0. The van der Waals surface area contributed by atoms with Crippen LogP contribution in [0.15, 0.2) is 10.9 Å². The van der Waals surface area contributed by atoms with Gasteiger partial charge in [0, 0.05) is 30.8 Å². The Bertz CT molecular complexity index is 464. The summed E-state index contributed by atoms with van der Waals surface area (Å²) >= 11 is 0. The van der Waals surface area contributed by atoms with Crippen LogP contribution in [-0.2, 0) is 0 Å². The van der Waals surface area contributed by atoms with Gasteiger partial charge in [-0.25, -0.2) is 4.98 Å². The Hall–Kier alpha value is -1.16. The smallest absolute Gasteiger partial charge is 0.251 e. The predicted octanol–water partition coefficient (Wildman–Crippen LogP) is 1.28. The van der Waals surface area contributed by atoms with Gasteiger partial charge < -0.3 is 9.88 Å². The topological polar surface area (TPSA) is 49.0 Å². The summed E-state index contributed by atoms with van der Waals surface area (Å²) in [6, 6.07) is 1.56. The molecule has 92 valence electrons. The Morgan fingerprint density at radius 1 is 1.47 bits per heavy atom. The number of aryl methyl sites for hydroxylation is 1. The molecule has 1 aliphatic carbocycles. The molecule has 1 saturated heterocycles. The Labute approximate surface area is 101 Å². The zero-order valence-electron chi connectivity index (χ0n) is 10.3. The number of rotatable bonds is 3. The van der Waals surface area contributed by atoms with Gasteiger partial charge in [0.2, 0.25) is 0 Å². The van der Waals surface area contributed by atoms with Crippen molar-refractivity contribution in [3.63, 3.8) is 0 Å². The van der Waals surface area contributed by atoms with Crippen molar-refractivity contribution in [3.8, 4) is 0 Å². The average molecular weight is 233 g/mol. The molecular formula is C13H19N3O. The molecular weight excluding hydrogens is 214 g/mol. The van der Waals surface area contributed by atoms with E-state index in [4.69, 9.17) is 0 Å². The van der Waals surface area contributed by atoms with Crippen LogP contribution >= 0.6 is 0 Å². The molecule has 0 bridgehead atoms. The highest BCUT2D eigenvalue weighted by Gasteiger charge is 2.30. The molecule has 4 heteroatoms. The molecule has 0 amide bonds. The lowest BCUT2D eigenvalue weighted by atomic mass is 10.1. The van der Waals surface area contributed by atoms with Crippen LogP contribution in [0.25, 0.3) is 0 Å². The largest absolute Gasteiger partial charge is 0.310 e. The van der Waals surface area contributed by atoms with Crippen LogP contribution in [-0.4, -0.2) is 34.5 Å². The van der Waals surface area contributed by atoms with E-state index in [0.29, 0.717) is 5.92 Å². The number of nitrogens with zero attached hydrogens (tertiary/aromatic N) is 2. The van der Waals surface area contributed by atoms with Crippen LogP contribution in [0.5, 0.6) is 0 Å². The van der Waals surface area contributed by atoms with Crippen molar-refractivity contribution in [2.75, 3.05) is 19.6 Å². The van der Waals surface area contributed by atoms with Gasteiger partial charge in [0.05, 0.1) is 0 Å². The Morgan fingerprint density at radius 2 is 2.29 bits per heavy atom. The van der Waals surface area contributed by atoms with Crippen LogP contribution in [0.2, 0.25) is 0 Å². The van der Waals surface area contributed by atoms with Crippen molar-refractivity contribution < 1.29 is 0 Å². The summed E-state index contributed by atoms with van der Waals surface area (Å²) in [5.74, 6) is 2.24. The minimum absolute atomic E-state index is 0.0202. The zero-order chi connectivity index (χ0) is 11.8. The van der Waals surface area contributed by atoms with E-state index in [0.717, 1.165) is 36.9 Å². The summed E-state index contributed by atoms with van der Waals surface area (Å²) in [5.41, 5.74) is 0.803.